The lowest BCUT2D eigenvalue weighted by atomic mass is 9.97. The van der Waals surface area contributed by atoms with Gasteiger partial charge in [-0.05, 0) is 37.4 Å². The molecule has 3 N–H and O–H groups in total. The molecule has 1 fully saturated rings. The van der Waals surface area contributed by atoms with E-state index in [1.54, 1.807) is 4.90 Å². The van der Waals surface area contributed by atoms with Gasteiger partial charge in [0.25, 0.3) is 0 Å². The highest BCUT2D eigenvalue weighted by Crippen LogP contribution is 2.19. The summed E-state index contributed by atoms with van der Waals surface area (Å²) in [5, 5.41) is 2.45. The molecule has 1 aromatic rings. The van der Waals surface area contributed by atoms with Crippen LogP contribution in [-0.2, 0) is 0 Å². The predicted molar refractivity (Wildman–Crippen MR) is 68.7 cm³/mol. The van der Waals surface area contributed by atoms with Gasteiger partial charge >= 0.3 is 6.03 Å². The average molecular weight is 269 g/mol. The molecule has 0 spiro atoms. The van der Waals surface area contributed by atoms with Gasteiger partial charge in [-0.3, -0.25) is 0 Å². The number of urea groups is 1. The number of carbonyl (C=O) groups excluding carboxylic acids is 1. The van der Waals surface area contributed by atoms with E-state index >= 15 is 0 Å². The van der Waals surface area contributed by atoms with E-state index in [0.29, 0.717) is 25.6 Å². The van der Waals surface area contributed by atoms with Gasteiger partial charge in [-0.25, -0.2) is 13.6 Å². The second-order valence-electron chi connectivity index (χ2n) is 4.72. The molecule has 1 aromatic carbocycles. The number of hydrogen-bond donors (Lipinski definition) is 2. The van der Waals surface area contributed by atoms with Crippen LogP contribution in [0.3, 0.4) is 0 Å². The third-order valence-electron chi connectivity index (χ3n) is 3.41. The van der Waals surface area contributed by atoms with Crippen LogP contribution in [0.5, 0.6) is 0 Å². The van der Waals surface area contributed by atoms with Crippen molar-refractivity contribution in [3.8, 4) is 0 Å². The lowest BCUT2D eigenvalue weighted by Gasteiger charge is -2.31. The number of piperidine rings is 1. The van der Waals surface area contributed by atoms with E-state index in [4.69, 9.17) is 5.73 Å². The normalized spacial score (nSPS) is 16.5. The first-order chi connectivity index (χ1) is 9.10. The van der Waals surface area contributed by atoms with Crippen molar-refractivity contribution < 1.29 is 13.6 Å². The Bertz CT molecular complexity index is 459. The fraction of sp³-hybridized carbons (Fsp3) is 0.462. The Morgan fingerprint density at radius 1 is 1.37 bits per heavy atom. The van der Waals surface area contributed by atoms with Crippen molar-refractivity contribution in [3.63, 3.8) is 0 Å². The lowest BCUT2D eigenvalue weighted by molar-refractivity contribution is 0.184. The Kier molecular flexibility index (Phi) is 4.31. The maximum atomic E-state index is 13.4. The Labute approximate surface area is 110 Å². The molecule has 0 radical (unpaired) electrons. The van der Waals surface area contributed by atoms with Crippen molar-refractivity contribution >= 4 is 11.7 Å². The number of hydrogen-bond acceptors (Lipinski definition) is 2. The van der Waals surface area contributed by atoms with Crippen LogP contribution < -0.4 is 11.1 Å². The van der Waals surface area contributed by atoms with Gasteiger partial charge in [-0.15, -0.1) is 0 Å². The van der Waals surface area contributed by atoms with Crippen molar-refractivity contribution in [2.24, 2.45) is 11.7 Å². The van der Waals surface area contributed by atoms with Crippen LogP contribution in [0, 0.1) is 17.6 Å². The minimum Gasteiger partial charge on any atom is -0.330 e. The molecule has 6 heteroatoms. The molecule has 19 heavy (non-hydrogen) atoms. The van der Waals surface area contributed by atoms with Gasteiger partial charge in [0.1, 0.15) is 11.6 Å². The highest BCUT2D eigenvalue weighted by Gasteiger charge is 2.22. The molecule has 2 rings (SSSR count). The van der Waals surface area contributed by atoms with Crippen molar-refractivity contribution in [3.05, 3.63) is 29.8 Å². The molecule has 0 aromatic heterocycles. The molecule has 1 aliphatic heterocycles. The first-order valence-corrected chi connectivity index (χ1v) is 6.31. The quantitative estimate of drug-likeness (QED) is 0.864. The summed E-state index contributed by atoms with van der Waals surface area (Å²) in [4.78, 5) is 13.5. The van der Waals surface area contributed by atoms with Gasteiger partial charge < -0.3 is 16.0 Å². The number of likely N-dealkylation sites (tertiary alicyclic amines) is 1. The largest absolute Gasteiger partial charge is 0.330 e. The Morgan fingerprint density at radius 3 is 2.63 bits per heavy atom. The number of anilines is 1. The van der Waals surface area contributed by atoms with E-state index in [-0.39, 0.29) is 11.7 Å². The van der Waals surface area contributed by atoms with Gasteiger partial charge in [0.05, 0.1) is 5.69 Å². The van der Waals surface area contributed by atoms with Crippen LogP contribution in [0.4, 0.5) is 19.3 Å². The molecule has 104 valence electrons. The average Bonchev–Trinajstić information content (AvgIpc) is 2.42. The van der Waals surface area contributed by atoms with E-state index < -0.39 is 11.6 Å². The first-order valence-electron chi connectivity index (χ1n) is 6.31. The monoisotopic (exact) mass is 269 g/mol. The molecular weight excluding hydrogens is 252 g/mol. The number of nitrogens with one attached hydrogen (secondary N) is 1. The standard InChI is InChI=1S/C13H17F2N3O/c14-10-1-2-12(11(15)7-10)17-13(19)18-5-3-9(8-16)4-6-18/h1-2,7,9H,3-6,8,16H2,(H,17,19). The zero-order valence-electron chi connectivity index (χ0n) is 10.5. The second-order valence-corrected chi connectivity index (χ2v) is 4.72. The molecule has 0 bridgehead atoms. The number of benzene rings is 1. The zero-order chi connectivity index (χ0) is 13.8. The van der Waals surface area contributed by atoms with Crippen LogP contribution in [0.25, 0.3) is 0 Å². The number of amides is 2. The molecule has 4 nitrogen and oxygen atoms in total. The number of halogens is 2. The predicted octanol–water partition coefficient (Wildman–Crippen LogP) is 2.17. The molecular formula is C13H17F2N3O. The molecule has 0 unspecified atom stereocenters. The molecule has 1 aliphatic rings. The van der Waals surface area contributed by atoms with Crippen LogP contribution in [0.1, 0.15) is 12.8 Å². The SMILES string of the molecule is NCC1CCN(C(=O)Nc2ccc(F)cc2F)CC1. The van der Waals surface area contributed by atoms with E-state index in [0.717, 1.165) is 25.0 Å². The topological polar surface area (TPSA) is 58.4 Å². The summed E-state index contributed by atoms with van der Waals surface area (Å²) in [7, 11) is 0. The Morgan fingerprint density at radius 2 is 2.05 bits per heavy atom. The third-order valence-corrected chi connectivity index (χ3v) is 3.41. The maximum absolute atomic E-state index is 13.4. The van der Waals surface area contributed by atoms with E-state index in [1.165, 1.54) is 6.07 Å². The van der Waals surface area contributed by atoms with Gasteiger partial charge in [0.15, 0.2) is 0 Å². The second kappa shape index (κ2) is 5.97. The number of rotatable bonds is 2. The molecule has 1 saturated heterocycles. The summed E-state index contributed by atoms with van der Waals surface area (Å²) in [6.07, 6.45) is 1.71. The van der Waals surface area contributed by atoms with Gasteiger partial charge in [0, 0.05) is 19.2 Å². The van der Waals surface area contributed by atoms with Crippen molar-refractivity contribution in [2.75, 3.05) is 25.0 Å². The van der Waals surface area contributed by atoms with Crippen LogP contribution in [0.2, 0.25) is 0 Å². The van der Waals surface area contributed by atoms with Crippen molar-refractivity contribution in [1.82, 2.24) is 4.90 Å². The van der Waals surface area contributed by atoms with E-state index in [1.807, 2.05) is 0 Å². The zero-order valence-corrected chi connectivity index (χ0v) is 10.5. The fourth-order valence-corrected chi connectivity index (χ4v) is 2.16. The molecule has 0 saturated carbocycles. The summed E-state index contributed by atoms with van der Waals surface area (Å²) in [6.45, 7) is 1.84. The van der Waals surface area contributed by atoms with Gasteiger partial charge in [-0.2, -0.15) is 0 Å². The summed E-state index contributed by atoms with van der Waals surface area (Å²) in [5.74, 6) is -0.990. The minimum absolute atomic E-state index is 0.00708. The van der Waals surface area contributed by atoms with Crippen molar-refractivity contribution in [2.45, 2.75) is 12.8 Å². The van der Waals surface area contributed by atoms with Crippen molar-refractivity contribution in [1.29, 1.82) is 0 Å². The Balaban J connectivity index is 1.94. The minimum atomic E-state index is -0.773. The van der Waals surface area contributed by atoms with E-state index in [2.05, 4.69) is 5.32 Å². The molecule has 2 amide bonds. The maximum Gasteiger partial charge on any atom is 0.321 e. The number of carbonyl (C=O) groups is 1. The first kappa shape index (κ1) is 13.7. The molecule has 0 aliphatic carbocycles. The van der Waals surface area contributed by atoms with Gasteiger partial charge in [-0.1, -0.05) is 0 Å². The Hall–Kier alpha value is -1.69. The molecule has 0 atom stereocenters. The summed E-state index contributed by atoms with van der Waals surface area (Å²) < 4.78 is 26.2. The number of nitrogens with two attached hydrogens (primary N) is 1. The third kappa shape index (κ3) is 3.41. The van der Waals surface area contributed by atoms with Crippen LogP contribution in [0.15, 0.2) is 18.2 Å². The molecule has 1 heterocycles. The van der Waals surface area contributed by atoms with Crippen LogP contribution in [-0.4, -0.2) is 30.6 Å². The van der Waals surface area contributed by atoms with Crippen LogP contribution >= 0.6 is 0 Å². The van der Waals surface area contributed by atoms with E-state index in [9.17, 15) is 13.6 Å². The lowest BCUT2D eigenvalue weighted by Crippen LogP contribution is -2.42. The highest BCUT2D eigenvalue weighted by molar-refractivity contribution is 5.89. The fourth-order valence-electron chi connectivity index (χ4n) is 2.16. The smallest absolute Gasteiger partial charge is 0.321 e. The summed E-state index contributed by atoms with van der Waals surface area (Å²) >= 11 is 0. The summed E-state index contributed by atoms with van der Waals surface area (Å²) in [5.41, 5.74) is 5.57. The summed E-state index contributed by atoms with van der Waals surface area (Å²) in [6, 6.07) is 2.71. The van der Waals surface area contributed by atoms with Gasteiger partial charge in [0.2, 0.25) is 0 Å². The highest BCUT2D eigenvalue weighted by atomic mass is 19.1. The number of nitrogens with zero attached hydrogens (tertiary/aromatic N) is 1.